The van der Waals surface area contributed by atoms with Gasteiger partial charge in [-0.3, -0.25) is 0 Å². The van der Waals surface area contributed by atoms with Crippen LogP contribution in [0.25, 0.3) is 5.69 Å². The van der Waals surface area contributed by atoms with Gasteiger partial charge >= 0.3 is 0 Å². The molecular weight excluding hydrogens is 253 g/mol. The number of hydrogen-bond acceptors (Lipinski definition) is 2. The first-order chi connectivity index (χ1) is 9.66. The van der Waals surface area contributed by atoms with E-state index >= 15 is 0 Å². The number of para-hydroxylation sites is 1. The molecule has 1 aliphatic rings. The highest BCUT2D eigenvalue weighted by atomic mass is 19.1. The monoisotopic (exact) mass is 273 g/mol. The van der Waals surface area contributed by atoms with E-state index in [4.69, 9.17) is 0 Å². The number of aromatic nitrogens is 2. The molecule has 20 heavy (non-hydrogen) atoms. The summed E-state index contributed by atoms with van der Waals surface area (Å²) in [5.74, 6) is 0.307. The lowest BCUT2D eigenvalue weighted by atomic mass is 10.1. The molecule has 0 unspecified atom stereocenters. The minimum Gasteiger partial charge on any atom is -0.310 e. The third-order valence-electron chi connectivity index (χ3n) is 3.63. The van der Waals surface area contributed by atoms with Crippen molar-refractivity contribution in [3.63, 3.8) is 0 Å². The Hall–Kier alpha value is -1.68. The van der Waals surface area contributed by atoms with Gasteiger partial charge in [0.05, 0.1) is 11.9 Å². The summed E-state index contributed by atoms with van der Waals surface area (Å²) in [4.78, 5) is 0. The molecule has 1 fully saturated rings. The first-order valence-electron chi connectivity index (χ1n) is 7.22. The van der Waals surface area contributed by atoms with E-state index in [-0.39, 0.29) is 5.82 Å². The molecule has 2 aromatic rings. The smallest absolute Gasteiger partial charge is 0.148 e. The minimum atomic E-state index is -0.221. The molecule has 0 radical (unpaired) electrons. The lowest BCUT2D eigenvalue weighted by Gasteiger charge is -2.11. The number of rotatable bonds is 5. The molecule has 0 saturated heterocycles. The Bertz CT molecular complexity index is 600. The molecular formula is C16H20FN3. The summed E-state index contributed by atoms with van der Waals surface area (Å²) in [6.45, 7) is 5.04. The molecule has 0 amide bonds. The lowest BCUT2D eigenvalue weighted by molar-refractivity contribution is 0.583. The molecule has 3 rings (SSSR count). The highest BCUT2D eigenvalue weighted by molar-refractivity contribution is 5.39. The summed E-state index contributed by atoms with van der Waals surface area (Å²) in [5.41, 5.74) is 2.90. The van der Waals surface area contributed by atoms with E-state index in [1.807, 2.05) is 12.3 Å². The van der Waals surface area contributed by atoms with Crippen LogP contribution < -0.4 is 5.32 Å². The van der Waals surface area contributed by atoms with Crippen molar-refractivity contribution >= 4 is 0 Å². The predicted molar refractivity (Wildman–Crippen MR) is 77.5 cm³/mol. The van der Waals surface area contributed by atoms with Gasteiger partial charge in [-0.2, -0.15) is 5.10 Å². The Morgan fingerprint density at radius 2 is 2.10 bits per heavy atom. The van der Waals surface area contributed by atoms with Gasteiger partial charge < -0.3 is 5.32 Å². The minimum absolute atomic E-state index is 0.221. The molecule has 0 aliphatic heterocycles. The normalized spacial score (nSPS) is 15.0. The molecule has 3 nitrogen and oxygen atoms in total. The molecule has 1 heterocycles. The summed E-state index contributed by atoms with van der Waals surface area (Å²) >= 11 is 0. The summed E-state index contributed by atoms with van der Waals surface area (Å²) in [5, 5.41) is 7.84. The van der Waals surface area contributed by atoms with Crippen LogP contribution in [-0.4, -0.2) is 15.8 Å². The maximum atomic E-state index is 14.0. The fraction of sp³-hybridized carbons (Fsp3) is 0.438. The first kappa shape index (κ1) is 13.3. The Morgan fingerprint density at radius 3 is 2.75 bits per heavy atom. The van der Waals surface area contributed by atoms with E-state index in [9.17, 15) is 4.39 Å². The molecule has 0 atom stereocenters. The Labute approximate surface area is 118 Å². The molecule has 0 bridgehead atoms. The van der Waals surface area contributed by atoms with Crippen molar-refractivity contribution in [2.24, 2.45) is 0 Å². The van der Waals surface area contributed by atoms with E-state index in [1.54, 1.807) is 16.8 Å². The van der Waals surface area contributed by atoms with Crippen LogP contribution in [0.3, 0.4) is 0 Å². The number of nitrogens with one attached hydrogen (secondary N) is 1. The number of halogens is 1. The second kappa shape index (κ2) is 5.37. The van der Waals surface area contributed by atoms with Crippen LogP contribution in [0.1, 0.15) is 43.9 Å². The maximum absolute atomic E-state index is 14.0. The van der Waals surface area contributed by atoms with E-state index in [0.717, 1.165) is 6.54 Å². The van der Waals surface area contributed by atoms with Gasteiger partial charge in [0.1, 0.15) is 11.5 Å². The molecule has 1 N–H and O–H groups in total. The SMILES string of the molecule is CC(C)NCc1cnn(-c2ccccc2F)c1C1CC1. The van der Waals surface area contributed by atoms with Crippen LogP contribution in [0.2, 0.25) is 0 Å². The zero-order valence-electron chi connectivity index (χ0n) is 11.9. The Kier molecular flexibility index (Phi) is 3.57. The molecule has 1 aliphatic carbocycles. The van der Waals surface area contributed by atoms with Gasteiger partial charge in [-0.05, 0) is 25.0 Å². The van der Waals surface area contributed by atoms with Crippen LogP contribution >= 0.6 is 0 Å². The summed E-state index contributed by atoms with van der Waals surface area (Å²) in [7, 11) is 0. The van der Waals surface area contributed by atoms with E-state index in [1.165, 1.54) is 30.2 Å². The van der Waals surface area contributed by atoms with Crippen molar-refractivity contribution in [1.29, 1.82) is 0 Å². The van der Waals surface area contributed by atoms with Crippen molar-refractivity contribution in [2.45, 2.75) is 45.2 Å². The number of nitrogens with zero attached hydrogens (tertiary/aromatic N) is 2. The fourth-order valence-electron chi connectivity index (χ4n) is 2.45. The van der Waals surface area contributed by atoms with E-state index < -0.39 is 0 Å². The third kappa shape index (κ3) is 2.61. The van der Waals surface area contributed by atoms with Gasteiger partial charge in [0.15, 0.2) is 0 Å². The van der Waals surface area contributed by atoms with Crippen molar-refractivity contribution in [3.8, 4) is 5.69 Å². The van der Waals surface area contributed by atoms with Gasteiger partial charge in [0, 0.05) is 24.1 Å². The Morgan fingerprint density at radius 1 is 1.35 bits per heavy atom. The first-order valence-corrected chi connectivity index (χ1v) is 7.22. The van der Waals surface area contributed by atoms with E-state index in [2.05, 4.69) is 24.3 Å². The zero-order valence-corrected chi connectivity index (χ0v) is 11.9. The van der Waals surface area contributed by atoms with Gasteiger partial charge in [0.2, 0.25) is 0 Å². The highest BCUT2D eigenvalue weighted by Crippen LogP contribution is 2.42. The van der Waals surface area contributed by atoms with Crippen molar-refractivity contribution < 1.29 is 4.39 Å². The summed E-state index contributed by atoms with van der Waals surface area (Å²) in [6.07, 6.45) is 4.22. The van der Waals surface area contributed by atoms with Crippen molar-refractivity contribution in [3.05, 3.63) is 47.5 Å². The van der Waals surface area contributed by atoms with Crippen LogP contribution in [-0.2, 0) is 6.54 Å². The third-order valence-corrected chi connectivity index (χ3v) is 3.63. The van der Waals surface area contributed by atoms with Crippen LogP contribution in [0.4, 0.5) is 4.39 Å². The average molecular weight is 273 g/mol. The topological polar surface area (TPSA) is 29.9 Å². The van der Waals surface area contributed by atoms with E-state index in [0.29, 0.717) is 17.6 Å². The van der Waals surface area contributed by atoms with Gasteiger partial charge in [-0.15, -0.1) is 0 Å². The largest absolute Gasteiger partial charge is 0.310 e. The van der Waals surface area contributed by atoms with Crippen molar-refractivity contribution in [2.75, 3.05) is 0 Å². The standard InChI is InChI=1S/C16H20FN3/c1-11(2)18-9-13-10-19-20(16(13)12-7-8-12)15-6-4-3-5-14(15)17/h3-6,10-12,18H,7-9H2,1-2H3. The molecule has 1 aromatic carbocycles. The van der Waals surface area contributed by atoms with Gasteiger partial charge in [0.25, 0.3) is 0 Å². The quantitative estimate of drug-likeness (QED) is 0.905. The van der Waals surface area contributed by atoms with Crippen LogP contribution in [0.15, 0.2) is 30.5 Å². The van der Waals surface area contributed by atoms with Gasteiger partial charge in [-0.1, -0.05) is 26.0 Å². The van der Waals surface area contributed by atoms with Crippen LogP contribution in [0.5, 0.6) is 0 Å². The summed E-state index contributed by atoms with van der Waals surface area (Å²) < 4.78 is 15.8. The molecule has 1 saturated carbocycles. The predicted octanol–water partition coefficient (Wildman–Crippen LogP) is 3.39. The number of benzene rings is 1. The second-order valence-corrected chi connectivity index (χ2v) is 5.73. The highest BCUT2D eigenvalue weighted by Gasteiger charge is 2.31. The zero-order chi connectivity index (χ0) is 14.1. The molecule has 4 heteroatoms. The number of hydrogen-bond donors (Lipinski definition) is 1. The summed E-state index contributed by atoms with van der Waals surface area (Å²) in [6, 6.07) is 7.26. The molecule has 1 aromatic heterocycles. The van der Waals surface area contributed by atoms with Gasteiger partial charge in [-0.25, -0.2) is 9.07 Å². The molecule has 0 spiro atoms. The molecule has 106 valence electrons. The fourth-order valence-corrected chi connectivity index (χ4v) is 2.45. The lowest BCUT2D eigenvalue weighted by Crippen LogP contribution is -2.22. The Balaban J connectivity index is 1.97. The average Bonchev–Trinajstić information content (AvgIpc) is 3.17. The van der Waals surface area contributed by atoms with Crippen molar-refractivity contribution in [1.82, 2.24) is 15.1 Å². The maximum Gasteiger partial charge on any atom is 0.148 e. The second-order valence-electron chi connectivity index (χ2n) is 5.73. The van der Waals surface area contributed by atoms with Crippen LogP contribution in [0, 0.1) is 5.82 Å².